The van der Waals surface area contributed by atoms with Crippen LogP contribution in [0.1, 0.15) is 5.56 Å². The highest BCUT2D eigenvalue weighted by molar-refractivity contribution is 6.53. The molecule has 3 aromatic carbocycles. The van der Waals surface area contributed by atoms with Crippen molar-refractivity contribution in [2.24, 2.45) is 0 Å². The van der Waals surface area contributed by atoms with E-state index in [4.69, 9.17) is 114 Å². The van der Waals surface area contributed by atoms with E-state index in [0.717, 1.165) is 0 Å². The Morgan fingerprint density at radius 3 is 1.89 bits per heavy atom. The van der Waals surface area contributed by atoms with Gasteiger partial charge in [-0.2, -0.15) is 0 Å². The minimum absolute atomic E-state index is 0.0143. The number of halogens is 8. The summed E-state index contributed by atoms with van der Waals surface area (Å²) in [6.45, 7) is 0. The largest absolute Gasteiger partial charge is 0.475 e. The summed E-state index contributed by atoms with van der Waals surface area (Å²) in [4.78, 5) is 0. The Labute approximate surface area is 247 Å². The van der Waals surface area contributed by atoms with E-state index in [9.17, 15) is 0 Å². The van der Waals surface area contributed by atoms with E-state index < -0.39 is 11.0 Å². The maximum Gasteiger partial charge on any atom is 0.196 e. The molecule has 188 valence electrons. The fourth-order valence-corrected chi connectivity index (χ4v) is 5.94. The first kappa shape index (κ1) is 27.7. The number of nitrogen functional groups attached to an aromatic ring is 2. The first-order valence-electron chi connectivity index (χ1n) is 9.98. The highest BCUT2D eigenvalue weighted by atomic mass is 35.5. The van der Waals surface area contributed by atoms with E-state index >= 15 is 0 Å². The van der Waals surface area contributed by atoms with Gasteiger partial charge < -0.3 is 20.9 Å². The molecule has 0 heterocycles. The average molecular weight is 646 g/mol. The Bertz CT molecular complexity index is 1430. The van der Waals surface area contributed by atoms with Crippen molar-refractivity contribution >= 4 is 104 Å². The van der Waals surface area contributed by atoms with E-state index in [1.807, 2.05) is 0 Å². The quantitative estimate of drug-likeness (QED) is 0.125. The zero-order valence-electron chi connectivity index (χ0n) is 17.8. The number of nitrogens with two attached hydrogens (primary N) is 2. The monoisotopic (exact) mass is 642 g/mol. The molecule has 2 unspecified atom stereocenters. The summed E-state index contributed by atoms with van der Waals surface area (Å²) in [5.74, 6) is 0.635. The molecule has 0 saturated carbocycles. The van der Waals surface area contributed by atoms with Crippen LogP contribution in [0.25, 0.3) is 0 Å². The second-order valence-corrected chi connectivity index (χ2v) is 10.7. The van der Waals surface area contributed by atoms with Gasteiger partial charge in [0.15, 0.2) is 5.60 Å². The molecule has 36 heavy (non-hydrogen) atoms. The minimum Gasteiger partial charge on any atom is -0.475 e. The second-order valence-electron chi connectivity index (χ2n) is 7.60. The maximum absolute atomic E-state index is 7.08. The predicted molar refractivity (Wildman–Crippen MR) is 152 cm³/mol. The number of hydrogen-bond donors (Lipinski definition) is 2. The van der Waals surface area contributed by atoms with Gasteiger partial charge in [-0.25, -0.2) is 0 Å². The van der Waals surface area contributed by atoms with Crippen LogP contribution in [0.3, 0.4) is 0 Å². The molecule has 0 radical (unpaired) electrons. The van der Waals surface area contributed by atoms with Crippen molar-refractivity contribution in [1.82, 2.24) is 0 Å². The normalized spacial score (nSPS) is 20.1. The Morgan fingerprint density at radius 1 is 0.694 bits per heavy atom. The molecular weight excluding hydrogens is 632 g/mol. The zero-order chi connectivity index (χ0) is 26.4. The molecule has 0 saturated heterocycles. The van der Waals surface area contributed by atoms with Gasteiger partial charge in [0, 0.05) is 29.1 Å². The lowest BCUT2D eigenvalue weighted by molar-refractivity contribution is 0.104. The summed E-state index contributed by atoms with van der Waals surface area (Å²) < 4.78 is 12.5. The standard InChI is InChI=1S/C24H14Cl8N2O2/c25-15-9-14(16(26)18(28)17(15)27)24(36-13-6-2-4-11(34)8-13)22(31)20(30)19(29)21(23(24)32)35-12-5-1-3-10(33)7-12/h1-9,23H,33-34H2. The van der Waals surface area contributed by atoms with E-state index in [0.29, 0.717) is 17.1 Å². The Hall–Kier alpha value is -1.34. The van der Waals surface area contributed by atoms with Crippen molar-refractivity contribution in [2.75, 3.05) is 11.5 Å². The van der Waals surface area contributed by atoms with Gasteiger partial charge in [0.05, 0.1) is 30.2 Å². The minimum atomic E-state index is -1.84. The molecule has 3 aromatic rings. The molecular formula is C24H14Cl8N2O2. The third-order valence-corrected chi connectivity index (χ3v) is 8.91. The van der Waals surface area contributed by atoms with Gasteiger partial charge in [-0.05, 0) is 30.3 Å². The average Bonchev–Trinajstić information content (AvgIpc) is 2.84. The number of allylic oxidation sites excluding steroid dienone is 2. The fourth-order valence-electron chi connectivity index (χ4n) is 3.59. The van der Waals surface area contributed by atoms with Crippen LogP contribution in [-0.4, -0.2) is 5.38 Å². The lowest BCUT2D eigenvalue weighted by atomic mass is 9.84. The molecule has 0 bridgehead atoms. The first-order valence-corrected chi connectivity index (χ1v) is 13.1. The van der Waals surface area contributed by atoms with Gasteiger partial charge >= 0.3 is 0 Å². The molecule has 0 fully saturated rings. The molecule has 0 amide bonds. The fraction of sp³-hybridized carbons (Fsp3) is 0.0833. The van der Waals surface area contributed by atoms with Gasteiger partial charge in [0.25, 0.3) is 0 Å². The van der Waals surface area contributed by atoms with E-state index in [1.54, 1.807) is 48.5 Å². The molecule has 0 aliphatic heterocycles. The number of ether oxygens (including phenoxy) is 2. The maximum atomic E-state index is 7.08. The summed E-state index contributed by atoms with van der Waals surface area (Å²) in [5.41, 5.74) is 11.1. The van der Waals surface area contributed by atoms with Gasteiger partial charge in [-0.3, -0.25) is 0 Å². The molecule has 12 heteroatoms. The summed E-state index contributed by atoms with van der Waals surface area (Å²) in [6.07, 6.45) is 0. The van der Waals surface area contributed by atoms with Gasteiger partial charge in [0.1, 0.15) is 27.7 Å². The van der Waals surface area contributed by atoms with Crippen molar-refractivity contribution in [1.29, 1.82) is 0 Å². The Morgan fingerprint density at radius 2 is 1.28 bits per heavy atom. The summed E-state index contributed by atoms with van der Waals surface area (Å²) >= 11 is 52.8. The lowest BCUT2D eigenvalue weighted by Gasteiger charge is -2.42. The highest BCUT2D eigenvalue weighted by Gasteiger charge is 2.55. The van der Waals surface area contributed by atoms with E-state index in [1.165, 1.54) is 6.07 Å². The smallest absolute Gasteiger partial charge is 0.196 e. The molecule has 0 aromatic heterocycles. The van der Waals surface area contributed by atoms with Crippen LogP contribution >= 0.6 is 92.8 Å². The van der Waals surface area contributed by atoms with Crippen molar-refractivity contribution in [3.05, 3.63) is 101 Å². The molecule has 0 spiro atoms. The van der Waals surface area contributed by atoms with Gasteiger partial charge in [-0.15, -0.1) is 11.6 Å². The van der Waals surface area contributed by atoms with Crippen molar-refractivity contribution in [2.45, 2.75) is 11.0 Å². The number of hydrogen-bond acceptors (Lipinski definition) is 4. The van der Waals surface area contributed by atoms with Gasteiger partial charge in [-0.1, -0.05) is 93.3 Å². The topological polar surface area (TPSA) is 70.5 Å². The third kappa shape index (κ3) is 4.91. The van der Waals surface area contributed by atoms with Crippen molar-refractivity contribution in [3.63, 3.8) is 0 Å². The van der Waals surface area contributed by atoms with Crippen molar-refractivity contribution in [3.8, 4) is 11.5 Å². The molecule has 1 aliphatic rings. The van der Waals surface area contributed by atoms with Crippen LogP contribution in [0.2, 0.25) is 20.1 Å². The molecule has 1 aliphatic carbocycles. The summed E-state index contributed by atoms with van der Waals surface area (Å²) in [5, 5.41) is -1.47. The van der Waals surface area contributed by atoms with Crippen LogP contribution in [0.15, 0.2) is 75.5 Å². The SMILES string of the molecule is Nc1cccc(OC2=C(Cl)C(Cl)=C(Cl)C(Oc3cccc(N)c3)(c3cc(Cl)c(Cl)c(Cl)c3Cl)C2Cl)c1. The van der Waals surface area contributed by atoms with Crippen LogP contribution < -0.4 is 20.9 Å². The molecule has 2 atom stereocenters. The van der Waals surface area contributed by atoms with Crippen LogP contribution in [-0.2, 0) is 5.60 Å². The highest BCUT2D eigenvalue weighted by Crippen LogP contribution is 2.56. The van der Waals surface area contributed by atoms with E-state index in [2.05, 4.69) is 0 Å². The predicted octanol–water partition coefficient (Wildman–Crippen LogP) is 9.58. The molecule has 4 rings (SSSR count). The summed E-state index contributed by atoms with van der Waals surface area (Å²) in [7, 11) is 0. The van der Waals surface area contributed by atoms with Gasteiger partial charge in [0.2, 0.25) is 0 Å². The first-order chi connectivity index (χ1) is 17.0. The Kier molecular flexibility index (Phi) is 8.31. The van der Waals surface area contributed by atoms with Crippen LogP contribution in [0.4, 0.5) is 11.4 Å². The number of benzene rings is 3. The number of rotatable bonds is 5. The lowest BCUT2D eigenvalue weighted by Crippen LogP contribution is -2.47. The molecule has 4 N–H and O–H groups in total. The third-order valence-electron chi connectivity index (χ3n) is 5.24. The van der Waals surface area contributed by atoms with Crippen LogP contribution in [0, 0.1) is 0 Å². The zero-order valence-corrected chi connectivity index (χ0v) is 23.8. The summed E-state index contributed by atoms with van der Waals surface area (Å²) in [6, 6.07) is 14.6. The number of anilines is 2. The van der Waals surface area contributed by atoms with Crippen molar-refractivity contribution < 1.29 is 9.47 Å². The second kappa shape index (κ2) is 10.8. The van der Waals surface area contributed by atoms with E-state index in [-0.39, 0.29) is 52.3 Å². The Balaban J connectivity index is 2.00. The molecule has 4 nitrogen and oxygen atoms in total. The number of alkyl halides is 1. The van der Waals surface area contributed by atoms with Crippen LogP contribution in [0.5, 0.6) is 11.5 Å².